The quantitative estimate of drug-likeness (QED) is 0.448. The van der Waals surface area contributed by atoms with Gasteiger partial charge >= 0.3 is 0 Å². The fourth-order valence-electron chi connectivity index (χ4n) is 1.97. The van der Waals surface area contributed by atoms with Crippen molar-refractivity contribution in [1.29, 1.82) is 0 Å². The fraction of sp³-hybridized carbons (Fsp3) is 0.250. The molecule has 0 aliphatic carbocycles. The molecule has 0 saturated carbocycles. The Morgan fingerprint density at radius 3 is 2.88 bits per heavy atom. The molecule has 0 spiro atoms. The van der Waals surface area contributed by atoms with Crippen LogP contribution in [0.25, 0.3) is 0 Å². The lowest BCUT2D eigenvalue weighted by molar-refractivity contribution is -0.384. The Hall–Kier alpha value is -2.61. The molecule has 1 aromatic carbocycles. The second kappa shape index (κ2) is 8.88. The molecular formula is C16H17N3O4S. The molecule has 24 heavy (non-hydrogen) atoms. The van der Waals surface area contributed by atoms with Gasteiger partial charge in [-0.1, -0.05) is 6.07 Å². The van der Waals surface area contributed by atoms with Gasteiger partial charge in [0.1, 0.15) is 11.4 Å². The average Bonchev–Trinajstić information content (AvgIpc) is 2.60. The summed E-state index contributed by atoms with van der Waals surface area (Å²) in [5.74, 6) is 1.05. The largest absolute Gasteiger partial charge is 0.496 e. The molecule has 0 unspecified atom stereocenters. The first-order chi connectivity index (χ1) is 11.6. The summed E-state index contributed by atoms with van der Waals surface area (Å²) in [6.07, 6.45) is 2.50. The van der Waals surface area contributed by atoms with E-state index in [4.69, 9.17) is 4.74 Å². The normalized spacial score (nSPS) is 10.2. The van der Waals surface area contributed by atoms with Crippen LogP contribution in [0.1, 0.15) is 5.69 Å². The molecule has 0 aliphatic rings. The van der Waals surface area contributed by atoms with Gasteiger partial charge in [-0.05, 0) is 36.4 Å². The first-order valence-corrected chi connectivity index (χ1v) is 8.35. The Labute approximate surface area is 143 Å². The Kier molecular flexibility index (Phi) is 6.56. The number of nitrogens with zero attached hydrogens (tertiary/aromatic N) is 2. The van der Waals surface area contributed by atoms with E-state index in [0.29, 0.717) is 5.75 Å². The molecule has 0 radical (unpaired) electrons. The van der Waals surface area contributed by atoms with E-state index in [1.807, 2.05) is 18.2 Å². The first kappa shape index (κ1) is 17.7. The highest BCUT2D eigenvalue weighted by Gasteiger charge is 2.17. The van der Waals surface area contributed by atoms with Gasteiger partial charge in [0.15, 0.2) is 0 Å². The molecule has 1 heterocycles. The van der Waals surface area contributed by atoms with E-state index in [9.17, 15) is 14.9 Å². The predicted molar refractivity (Wildman–Crippen MR) is 93.5 cm³/mol. The van der Waals surface area contributed by atoms with Gasteiger partial charge in [-0.2, -0.15) is 11.8 Å². The van der Waals surface area contributed by atoms with E-state index < -0.39 is 4.92 Å². The summed E-state index contributed by atoms with van der Waals surface area (Å²) < 4.78 is 4.96. The summed E-state index contributed by atoms with van der Waals surface area (Å²) in [7, 11) is 1.43. The zero-order chi connectivity index (χ0) is 17.4. The standard InChI is InChI=1S/C16H17N3O4S/c1-23-13-5-6-14(15(10-13)19(21)22)18-16(20)11-24-9-7-12-4-2-3-8-17-12/h2-6,8,10H,7,9,11H2,1H3,(H,18,20). The van der Waals surface area contributed by atoms with E-state index in [-0.39, 0.29) is 23.0 Å². The molecule has 1 aromatic heterocycles. The summed E-state index contributed by atoms with van der Waals surface area (Å²) in [4.78, 5) is 26.7. The number of hydrogen-bond donors (Lipinski definition) is 1. The number of carbonyl (C=O) groups excluding carboxylic acids is 1. The minimum atomic E-state index is -0.549. The van der Waals surface area contributed by atoms with Crippen molar-refractivity contribution < 1.29 is 14.5 Å². The molecule has 2 aromatic rings. The van der Waals surface area contributed by atoms with Gasteiger partial charge < -0.3 is 10.1 Å². The molecule has 0 saturated heterocycles. The lowest BCUT2D eigenvalue weighted by Gasteiger charge is -2.07. The molecule has 0 aliphatic heterocycles. The van der Waals surface area contributed by atoms with Gasteiger partial charge in [-0.15, -0.1) is 0 Å². The summed E-state index contributed by atoms with van der Waals surface area (Å²) in [5, 5.41) is 13.6. The fourth-order valence-corrected chi connectivity index (χ4v) is 2.72. The molecule has 1 N–H and O–H groups in total. The van der Waals surface area contributed by atoms with E-state index in [2.05, 4.69) is 10.3 Å². The summed E-state index contributed by atoms with van der Waals surface area (Å²) in [6.45, 7) is 0. The zero-order valence-electron chi connectivity index (χ0n) is 13.1. The lowest BCUT2D eigenvalue weighted by Crippen LogP contribution is -2.15. The van der Waals surface area contributed by atoms with Gasteiger partial charge in [-0.3, -0.25) is 19.9 Å². The maximum atomic E-state index is 12.0. The number of carbonyl (C=O) groups is 1. The van der Waals surface area contributed by atoms with E-state index in [1.54, 1.807) is 12.3 Å². The van der Waals surface area contributed by atoms with Crippen molar-refractivity contribution >= 4 is 29.0 Å². The molecule has 8 heteroatoms. The second-order valence-electron chi connectivity index (χ2n) is 4.81. The molecule has 0 fully saturated rings. The number of rotatable bonds is 8. The van der Waals surface area contributed by atoms with Crippen LogP contribution in [0.2, 0.25) is 0 Å². The molecular weight excluding hydrogens is 330 g/mol. The van der Waals surface area contributed by atoms with Gasteiger partial charge in [0.25, 0.3) is 5.69 Å². The summed E-state index contributed by atoms with van der Waals surface area (Å²) in [6, 6.07) is 10.0. The third-order valence-corrected chi connectivity index (χ3v) is 4.10. The molecule has 1 amide bonds. The van der Waals surface area contributed by atoms with Crippen molar-refractivity contribution in [2.75, 3.05) is 23.9 Å². The molecule has 0 bridgehead atoms. The van der Waals surface area contributed by atoms with Crippen molar-refractivity contribution in [3.63, 3.8) is 0 Å². The Morgan fingerprint density at radius 1 is 1.38 bits per heavy atom. The van der Waals surface area contributed by atoms with Crippen LogP contribution in [0.5, 0.6) is 5.75 Å². The minimum absolute atomic E-state index is 0.163. The average molecular weight is 347 g/mol. The number of hydrogen-bond acceptors (Lipinski definition) is 6. The SMILES string of the molecule is COc1ccc(NC(=O)CSCCc2ccccn2)c([N+](=O)[O-])c1. The molecule has 0 atom stereocenters. The third-order valence-electron chi connectivity index (χ3n) is 3.14. The predicted octanol–water partition coefficient (Wildman–Crippen LogP) is 2.91. The van der Waals surface area contributed by atoms with Gasteiger partial charge in [0, 0.05) is 11.9 Å². The van der Waals surface area contributed by atoms with Crippen LogP contribution in [-0.4, -0.2) is 34.4 Å². The number of aryl methyl sites for hydroxylation is 1. The van der Waals surface area contributed by atoms with Crippen molar-refractivity contribution in [1.82, 2.24) is 4.98 Å². The van der Waals surface area contributed by atoms with Crippen molar-refractivity contribution in [3.8, 4) is 5.75 Å². The number of nitrogens with one attached hydrogen (secondary N) is 1. The summed E-state index contributed by atoms with van der Waals surface area (Å²) >= 11 is 1.45. The number of nitro groups is 1. The van der Waals surface area contributed by atoms with Crippen LogP contribution >= 0.6 is 11.8 Å². The molecule has 126 valence electrons. The number of benzene rings is 1. The molecule has 2 rings (SSSR count). The van der Waals surface area contributed by atoms with E-state index in [0.717, 1.165) is 17.9 Å². The highest BCUT2D eigenvalue weighted by Crippen LogP contribution is 2.29. The number of ether oxygens (including phenoxy) is 1. The first-order valence-electron chi connectivity index (χ1n) is 7.20. The van der Waals surface area contributed by atoms with E-state index in [1.165, 1.54) is 31.0 Å². The van der Waals surface area contributed by atoms with Crippen LogP contribution in [0.15, 0.2) is 42.6 Å². The zero-order valence-corrected chi connectivity index (χ0v) is 13.9. The van der Waals surface area contributed by atoms with E-state index >= 15 is 0 Å². The number of nitro benzene ring substituents is 1. The Bertz CT molecular complexity index is 710. The van der Waals surface area contributed by atoms with Crippen LogP contribution in [0, 0.1) is 10.1 Å². The number of pyridine rings is 1. The topological polar surface area (TPSA) is 94.4 Å². The third kappa shape index (κ3) is 5.24. The van der Waals surface area contributed by atoms with Crippen molar-refractivity contribution in [2.45, 2.75) is 6.42 Å². The highest BCUT2D eigenvalue weighted by molar-refractivity contribution is 7.99. The highest BCUT2D eigenvalue weighted by atomic mass is 32.2. The number of aromatic nitrogens is 1. The second-order valence-corrected chi connectivity index (χ2v) is 5.92. The minimum Gasteiger partial charge on any atom is -0.496 e. The van der Waals surface area contributed by atoms with Crippen molar-refractivity contribution in [2.24, 2.45) is 0 Å². The van der Waals surface area contributed by atoms with Gasteiger partial charge in [0.2, 0.25) is 5.91 Å². The number of anilines is 1. The Morgan fingerprint density at radius 2 is 2.21 bits per heavy atom. The van der Waals surface area contributed by atoms with Crippen LogP contribution in [0.3, 0.4) is 0 Å². The van der Waals surface area contributed by atoms with Crippen molar-refractivity contribution in [3.05, 3.63) is 58.4 Å². The Balaban J connectivity index is 1.85. The smallest absolute Gasteiger partial charge is 0.296 e. The maximum Gasteiger partial charge on any atom is 0.296 e. The maximum absolute atomic E-state index is 12.0. The number of methoxy groups -OCH3 is 1. The van der Waals surface area contributed by atoms with Crippen LogP contribution < -0.4 is 10.1 Å². The monoisotopic (exact) mass is 347 g/mol. The number of thioether (sulfide) groups is 1. The van der Waals surface area contributed by atoms with Gasteiger partial charge in [-0.25, -0.2) is 0 Å². The molecule has 7 nitrogen and oxygen atoms in total. The van der Waals surface area contributed by atoms with Gasteiger partial charge in [0.05, 0.1) is 23.9 Å². The van der Waals surface area contributed by atoms with Crippen LogP contribution in [-0.2, 0) is 11.2 Å². The van der Waals surface area contributed by atoms with Crippen LogP contribution in [0.4, 0.5) is 11.4 Å². The lowest BCUT2D eigenvalue weighted by atomic mass is 10.2. The number of amides is 1. The summed E-state index contributed by atoms with van der Waals surface area (Å²) in [5.41, 5.74) is 0.938.